The lowest BCUT2D eigenvalue weighted by atomic mass is 9.97. The van der Waals surface area contributed by atoms with Crippen LogP contribution in [0.5, 0.6) is 0 Å². The van der Waals surface area contributed by atoms with Crippen molar-refractivity contribution in [2.75, 3.05) is 6.54 Å². The summed E-state index contributed by atoms with van der Waals surface area (Å²) in [6.45, 7) is 7.33. The molecule has 0 aromatic carbocycles. The summed E-state index contributed by atoms with van der Waals surface area (Å²) >= 11 is 0. The highest BCUT2D eigenvalue weighted by Crippen LogP contribution is 2.14. The van der Waals surface area contributed by atoms with Gasteiger partial charge in [-0.15, -0.1) is 0 Å². The van der Waals surface area contributed by atoms with E-state index in [0.717, 1.165) is 0 Å². The smallest absolute Gasteiger partial charge is 0.308 e. The molecular formula is C13H20N2O4. The minimum atomic E-state index is -0.896. The number of aromatic nitrogens is 1. The molecule has 0 spiro atoms. The van der Waals surface area contributed by atoms with Crippen LogP contribution in [0.2, 0.25) is 0 Å². The van der Waals surface area contributed by atoms with Crippen molar-refractivity contribution in [3.05, 3.63) is 17.0 Å². The standard InChI is InChI=1S/C13H20N2O4/c1-7(2)5-10(13(17)18)6-14-12(16)11-8(3)15-19-9(11)4/h7,10H,5-6H2,1-4H3,(H,14,16)(H,17,18). The maximum absolute atomic E-state index is 12.0. The highest BCUT2D eigenvalue weighted by molar-refractivity contribution is 5.96. The first-order valence-electron chi connectivity index (χ1n) is 6.26. The second kappa shape index (κ2) is 6.36. The van der Waals surface area contributed by atoms with Gasteiger partial charge in [0.1, 0.15) is 11.3 Å². The third kappa shape index (κ3) is 4.08. The van der Waals surface area contributed by atoms with E-state index in [4.69, 9.17) is 9.63 Å². The van der Waals surface area contributed by atoms with Crippen LogP contribution in [-0.4, -0.2) is 28.7 Å². The molecule has 1 rings (SSSR count). The third-order valence-corrected chi connectivity index (χ3v) is 2.87. The number of nitrogens with zero attached hydrogens (tertiary/aromatic N) is 1. The lowest BCUT2D eigenvalue weighted by Gasteiger charge is -2.15. The van der Waals surface area contributed by atoms with Crippen LogP contribution >= 0.6 is 0 Å². The minimum absolute atomic E-state index is 0.108. The molecule has 2 N–H and O–H groups in total. The summed E-state index contributed by atoms with van der Waals surface area (Å²) in [6, 6.07) is 0. The van der Waals surface area contributed by atoms with E-state index in [0.29, 0.717) is 23.4 Å². The van der Waals surface area contributed by atoms with Crippen molar-refractivity contribution in [3.8, 4) is 0 Å². The van der Waals surface area contributed by atoms with Gasteiger partial charge in [-0.25, -0.2) is 0 Å². The second-order valence-electron chi connectivity index (χ2n) is 5.07. The lowest BCUT2D eigenvalue weighted by molar-refractivity contribution is -0.142. The van der Waals surface area contributed by atoms with Crippen LogP contribution in [-0.2, 0) is 4.79 Å². The molecule has 1 atom stereocenters. The number of carbonyl (C=O) groups excluding carboxylic acids is 1. The maximum atomic E-state index is 12.0. The summed E-state index contributed by atoms with van der Waals surface area (Å²) in [5.74, 6) is -1.12. The fourth-order valence-corrected chi connectivity index (χ4v) is 1.95. The number of carbonyl (C=O) groups is 2. The summed E-state index contributed by atoms with van der Waals surface area (Å²) < 4.78 is 4.91. The Labute approximate surface area is 112 Å². The molecule has 0 saturated carbocycles. The number of hydrogen-bond acceptors (Lipinski definition) is 4. The van der Waals surface area contributed by atoms with Crippen molar-refractivity contribution in [2.24, 2.45) is 11.8 Å². The second-order valence-corrected chi connectivity index (χ2v) is 5.07. The van der Waals surface area contributed by atoms with E-state index < -0.39 is 11.9 Å². The molecule has 19 heavy (non-hydrogen) atoms. The van der Waals surface area contributed by atoms with Crippen LogP contribution in [0.4, 0.5) is 0 Å². The normalized spacial score (nSPS) is 12.5. The molecule has 6 nitrogen and oxygen atoms in total. The van der Waals surface area contributed by atoms with Crippen LogP contribution in [0, 0.1) is 25.7 Å². The van der Waals surface area contributed by atoms with E-state index in [1.807, 2.05) is 13.8 Å². The summed E-state index contributed by atoms with van der Waals surface area (Å²) in [6.07, 6.45) is 0.525. The number of nitrogens with one attached hydrogen (secondary N) is 1. The van der Waals surface area contributed by atoms with Crippen molar-refractivity contribution in [1.29, 1.82) is 0 Å². The highest BCUT2D eigenvalue weighted by Gasteiger charge is 2.22. The Morgan fingerprint density at radius 2 is 2.00 bits per heavy atom. The molecule has 0 bridgehead atoms. The lowest BCUT2D eigenvalue weighted by Crippen LogP contribution is -2.34. The first-order valence-corrected chi connectivity index (χ1v) is 6.26. The zero-order valence-corrected chi connectivity index (χ0v) is 11.7. The van der Waals surface area contributed by atoms with Gasteiger partial charge in [0.2, 0.25) is 0 Å². The van der Waals surface area contributed by atoms with Crippen LogP contribution < -0.4 is 5.32 Å². The zero-order chi connectivity index (χ0) is 14.6. The number of carboxylic acid groups (broad SMARTS) is 1. The number of amides is 1. The number of aryl methyl sites for hydroxylation is 2. The Morgan fingerprint density at radius 3 is 2.42 bits per heavy atom. The van der Waals surface area contributed by atoms with Gasteiger partial charge >= 0.3 is 5.97 Å². The van der Waals surface area contributed by atoms with Gasteiger partial charge in [-0.1, -0.05) is 19.0 Å². The van der Waals surface area contributed by atoms with Crippen LogP contribution in [0.3, 0.4) is 0 Å². The summed E-state index contributed by atoms with van der Waals surface area (Å²) in [5, 5.41) is 15.4. The molecule has 0 saturated heterocycles. The van der Waals surface area contributed by atoms with Gasteiger partial charge in [-0.2, -0.15) is 0 Å². The van der Waals surface area contributed by atoms with E-state index >= 15 is 0 Å². The number of carboxylic acids is 1. The van der Waals surface area contributed by atoms with Gasteiger partial charge in [-0.3, -0.25) is 9.59 Å². The summed E-state index contributed by atoms with van der Waals surface area (Å²) in [7, 11) is 0. The summed E-state index contributed by atoms with van der Waals surface area (Å²) in [4.78, 5) is 23.0. The molecule has 0 fully saturated rings. The molecular weight excluding hydrogens is 248 g/mol. The molecule has 1 amide bonds. The van der Waals surface area contributed by atoms with Crippen LogP contribution in [0.1, 0.15) is 42.1 Å². The van der Waals surface area contributed by atoms with E-state index in [-0.39, 0.29) is 18.4 Å². The van der Waals surface area contributed by atoms with Gasteiger partial charge in [-0.05, 0) is 26.2 Å². The van der Waals surface area contributed by atoms with Gasteiger partial charge in [0, 0.05) is 6.54 Å². The quantitative estimate of drug-likeness (QED) is 0.820. The van der Waals surface area contributed by atoms with Gasteiger partial charge in [0.15, 0.2) is 0 Å². The Balaban J connectivity index is 2.65. The fourth-order valence-electron chi connectivity index (χ4n) is 1.95. The monoisotopic (exact) mass is 268 g/mol. The molecule has 6 heteroatoms. The largest absolute Gasteiger partial charge is 0.481 e. The van der Waals surface area contributed by atoms with Gasteiger partial charge < -0.3 is 14.9 Å². The van der Waals surface area contributed by atoms with Crippen molar-refractivity contribution in [3.63, 3.8) is 0 Å². The predicted octanol–water partition coefficient (Wildman–Crippen LogP) is 1.77. The Morgan fingerprint density at radius 1 is 1.37 bits per heavy atom. The van der Waals surface area contributed by atoms with Gasteiger partial charge in [0.25, 0.3) is 5.91 Å². The Kier molecular flexibility index (Phi) is 5.09. The number of hydrogen-bond donors (Lipinski definition) is 2. The average molecular weight is 268 g/mol. The molecule has 1 unspecified atom stereocenters. The SMILES string of the molecule is Cc1noc(C)c1C(=O)NCC(CC(C)C)C(=O)O. The number of rotatable bonds is 6. The molecule has 0 aliphatic carbocycles. The summed E-state index contributed by atoms with van der Waals surface area (Å²) in [5.41, 5.74) is 0.888. The molecule has 1 heterocycles. The Bertz CT molecular complexity index is 446. The highest BCUT2D eigenvalue weighted by atomic mass is 16.5. The van der Waals surface area contributed by atoms with Crippen molar-refractivity contribution < 1.29 is 19.2 Å². The number of aliphatic carboxylic acids is 1. The topological polar surface area (TPSA) is 92.4 Å². The van der Waals surface area contributed by atoms with Crippen LogP contribution in [0.15, 0.2) is 4.52 Å². The maximum Gasteiger partial charge on any atom is 0.308 e. The van der Waals surface area contributed by atoms with Crippen molar-refractivity contribution in [2.45, 2.75) is 34.1 Å². The Hall–Kier alpha value is -1.85. The molecule has 0 aliphatic heterocycles. The van der Waals surface area contributed by atoms with Crippen molar-refractivity contribution in [1.82, 2.24) is 10.5 Å². The van der Waals surface area contributed by atoms with E-state index in [1.165, 1.54) is 0 Å². The predicted molar refractivity (Wildman–Crippen MR) is 68.9 cm³/mol. The first kappa shape index (κ1) is 15.2. The van der Waals surface area contributed by atoms with Crippen molar-refractivity contribution >= 4 is 11.9 Å². The average Bonchev–Trinajstić information content (AvgIpc) is 2.63. The van der Waals surface area contributed by atoms with Crippen LogP contribution in [0.25, 0.3) is 0 Å². The third-order valence-electron chi connectivity index (χ3n) is 2.87. The van der Waals surface area contributed by atoms with E-state index in [1.54, 1.807) is 13.8 Å². The molecule has 1 aromatic rings. The molecule has 0 radical (unpaired) electrons. The molecule has 0 aliphatic rings. The minimum Gasteiger partial charge on any atom is -0.481 e. The van der Waals surface area contributed by atoms with Gasteiger partial charge in [0.05, 0.1) is 11.6 Å². The van der Waals surface area contributed by atoms with E-state index in [9.17, 15) is 9.59 Å². The molecule has 1 aromatic heterocycles. The zero-order valence-electron chi connectivity index (χ0n) is 11.7. The molecule has 106 valence electrons. The fraction of sp³-hybridized carbons (Fsp3) is 0.615. The van der Waals surface area contributed by atoms with E-state index in [2.05, 4.69) is 10.5 Å². The first-order chi connectivity index (χ1) is 8.82.